The number of rotatable bonds is 10. The summed E-state index contributed by atoms with van der Waals surface area (Å²) in [4.78, 5) is 27.8. The van der Waals surface area contributed by atoms with Gasteiger partial charge in [-0.3, -0.25) is 9.59 Å². The number of ketones is 1. The summed E-state index contributed by atoms with van der Waals surface area (Å²) in [5.74, 6) is -1.03. The number of aromatic hydroxyl groups is 1. The molecule has 0 saturated carbocycles. The van der Waals surface area contributed by atoms with Gasteiger partial charge >= 0.3 is 0 Å². The summed E-state index contributed by atoms with van der Waals surface area (Å²) in [6.45, 7) is 2.84. The molecule has 0 aliphatic carbocycles. The van der Waals surface area contributed by atoms with Gasteiger partial charge in [-0.05, 0) is 60.4 Å². The van der Waals surface area contributed by atoms with Crippen LogP contribution in [0.15, 0.2) is 72.3 Å². The highest BCUT2D eigenvalue weighted by Gasteiger charge is 2.46. The molecule has 0 aromatic heterocycles. The van der Waals surface area contributed by atoms with Crippen molar-refractivity contribution in [3.05, 3.63) is 94.6 Å². The number of phenols is 1. The van der Waals surface area contributed by atoms with E-state index in [1.807, 2.05) is 30.3 Å². The van der Waals surface area contributed by atoms with Gasteiger partial charge in [0, 0.05) is 25.8 Å². The number of carbonyl (C=O) groups excluding carboxylic acids is 2. The number of aryl methyl sites for hydroxylation is 1. The molecule has 3 aromatic rings. The van der Waals surface area contributed by atoms with Gasteiger partial charge in [0.1, 0.15) is 18.1 Å². The lowest BCUT2D eigenvalue weighted by Gasteiger charge is -2.26. The average molecular weight is 518 g/mol. The Hall–Kier alpha value is -4.30. The molecule has 2 N–H and O–H groups in total. The highest BCUT2D eigenvalue weighted by Crippen LogP contribution is 2.42. The van der Waals surface area contributed by atoms with Crippen molar-refractivity contribution in [2.24, 2.45) is 0 Å². The fourth-order valence-corrected chi connectivity index (χ4v) is 4.58. The van der Waals surface area contributed by atoms with Crippen LogP contribution in [0.3, 0.4) is 0 Å². The Morgan fingerprint density at radius 2 is 1.76 bits per heavy atom. The number of hydrogen-bond acceptors (Lipinski definition) is 7. The molecule has 1 unspecified atom stereocenters. The second kappa shape index (κ2) is 11.8. The van der Waals surface area contributed by atoms with E-state index in [2.05, 4.69) is 0 Å². The standard InChI is InChI=1S/C30H31NO7/c1-19-16-22(38-18-20-8-5-4-6-9-20)11-12-23(19)28(33)26-27(21-10-13-24(32)25(17-21)37-3)31(14-7-15-36-2)30(35)29(26)34/h4-6,8-13,16-17,27,32-33H,7,14-15,18H2,1-3H3. The molecule has 0 spiro atoms. The SMILES string of the molecule is COCCCN1C(=O)C(=O)C(=C(O)c2ccc(OCc3ccccc3)cc2C)C1c1ccc(O)c(OC)c1. The zero-order valence-electron chi connectivity index (χ0n) is 21.6. The summed E-state index contributed by atoms with van der Waals surface area (Å²) in [5.41, 5.74) is 2.62. The number of hydrogen-bond donors (Lipinski definition) is 2. The number of nitrogens with zero attached hydrogens (tertiary/aromatic N) is 1. The molecule has 4 rings (SSSR count). The van der Waals surface area contributed by atoms with Crippen molar-refractivity contribution in [3.8, 4) is 17.2 Å². The maximum atomic E-state index is 13.3. The van der Waals surface area contributed by atoms with Crippen molar-refractivity contribution in [2.45, 2.75) is 26.0 Å². The smallest absolute Gasteiger partial charge is 0.295 e. The fourth-order valence-electron chi connectivity index (χ4n) is 4.58. The third kappa shape index (κ3) is 5.50. The van der Waals surface area contributed by atoms with Gasteiger partial charge in [0.2, 0.25) is 0 Å². The minimum atomic E-state index is -0.866. The molecule has 1 aliphatic heterocycles. The van der Waals surface area contributed by atoms with Crippen LogP contribution in [0.1, 0.15) is 34.7 Å². The predicted octanol–water partition coefficient (Wildman–Crippen LogP) is 4.75. The Morgan fingerprint density at radius 1 is 1.00 bits per heavy atom. The predicted molar refractivity (Wildman–Crippen MR) is 142 cm³/mol. The Kier molecular flexibility index (Phi) is 8.33. The molecule has 1 saturated heterocycles. The van der Waals surface area contributed by atoms with E-state index in [0.29, 0.717) is 42.1 Å². The van der Waals surface area contributed by atoms with E-state index in [1.165, 1.54) is 18.1 Å². The van der Waals surface area contributed by atoms with Crippen molar-refractivity contribution >= 4 is 17.4 Å². The van der Waals surface area contributed by atoms with Crippen LogP contribution in [0, 0.1) is 6.92 Å². The average Bonchev–Trinajstić information content (AvgIpc) is 3.17. The molecule has 1 fully saturated rings. The summed E-state index contributed by atoms with van der Waals surface area (Å²) < 4.78 is 16.3. The minimum absolute atomic E-state index is 0.0267. The van der Waals surface area contributed by atoms with Gasteiger partial charge in [0.05, 0.1) is 18.7 Å². The van der Waals surface area contributed by atoms with Gasteiger partial charge in [-0.25, -0.2) is 0 Å². The lowest BCUT2D eigenvalue weighted by atomic mass is 9.93. The lowest BCUT2D eigenvalue weighted by Crippen LogP contribution is -2.31. The van der Waals surface area contributed by atoms with Crippen LogP contribution in [-0.4, -0.2) is 54.2 Å². The van der Waals surface area contributed by atoms with Gasteiger partial charge in [-0.2, -0.15) is 0 Å². The molecule has 0 bridgehead atoms. The van der Waals surface area contributed by atoms with Crippen molar-refractivity contribution in [3.63, 3.8) is 0 Å². The highest BCUT2D eigenvalue weighted by atomic mass is 16.5. The molecule has 8 heteroatoms. The van der Waals surface area contributed by atoms with E-state index in [4.69, 9.17) is 14.2 Å². The van der Waals surface area contributed by atoms with Crippen LogP contribution in [0.4, 0.5) is 0 Å². The third-order valence-corrected chi connectivity index (χ3v) is 6.51. The summed E-state index contributed by atoms with van der Waals surface area (Å²) in [6, 6.07) is 18.7. The summed E-state index contributed by atoms with van der Waals surface area (Å²) in [6.07, 6.45) is 0.502. The quantitative estimate of drug-likeness (QED) is 0.173. The number of methoxy groups -OCH3 is 2. The number of aliphatic hydroxyl groups excluding tert-OH is 1. The van der Waals surface area contributed by atoms with Crippen LogP contribution in [0.25, 0.3) is 5.76 Å². The third-order valence-electron chi connectivity index (χ3n) is 6.51. The van der Waals surface area contributed by atoms with E-state index in [9.17, 15) is 19.8 Å². The number of Topliss-reactive ketones (excluding diaryl/α,β-unsaturated/α-hetero) is 1. The molecule has 198 valence electrons. The normalized spacial score (nSPS) is 16.6. The first-order valence-corrected chi connectivity index (χ1v) is 12.3. The van der Waals surface area contributed by atoms with E-state index < -0.39 is 17.7 Å². The maximum Gasteiger partial charge on any atom is 0.295 e. The second-order valence-electron chi connectivity index (χ2n) is 9.02. The van der Waals surface area contributed by atoms with Crippen LogP contribution < -0.4 is 9.47 Å². The van der Waals surface area contributed by atoms with Crippen LogP contribution >= 0.6 is 0 Å². The Morgan fingerprint density at radius 3 is 2.45 bits per heavy atom. The first-order valence-electron chi connectivity index (χ1n) is 12.3. The molecule has 0 radical (unpaired) electrons. The van der Waals surface area contributed by atoms with Crippen molar-refractivity contribution < 1.29 is 34.0 Å². The van der Waals surface area contributed by atoms with Crippen LogP contribution in [0.2, 0.25) is 0 Å². The second-order valence-corrected chi connectivity index (χ2v) is 9.02. The first kappa shape index (κ1) is 26.8. The number of ether oxygens (including phenoxy) is 3. The van der Waals surface area contributed by atoms with Crippen LogP contribution in [0.5, 0.6) is 17.2 Å². The number of aliphatic hydroxyl groups is 1. The van der Waals surface area contributed by atoms with E-state index in [0.717, 1.165) is 5.56 Å². The van der Waals surface area contributed by atoms with Gasteiger partial charge in [0.25, 0.3) is 11.7 Å². The fraction of sp³-hybridized carbons (Fsp3) is 0.267. The number of amides is 1. The maximum absolute atomic E-state index is 13.3. The Bertz CT molecular complexity index is 1350. The monoisotopic (exact) mass is 517 g/mol. The van der Waals surface area contributed by atoms with Gasteiger partial charge in [-0.1, -0.05) is 36.4 Å². The molecule has 1 atom stereocenters. The number of carbonyl (C=O) groups is 2. The summed E-state index contributed by atoms with van der Waals surface area (Å²) in [7, 11) is 2.98. The van der Waals surface area contributed by atoms with Crippen molar-refractivity contribution in [1.82, 2.24) is 4.90 Å². The van der Waals surface area contributed by atoms with Crippen LogP contribution in [-0.2, 0) is 20.9 Å². The molecule has 1 amide bonds. The minimum Gasteiger partial charge on any atom is -0.507 e. The molecular formula is C30H31NO7. The number of benzene rings is 3. The zero-order valence-corrected chi connectivity index (χ0v) is 21.6. The zero-order chi connectivity index (χ0) is 27.2. The Labute approximate surface area is 221 Å². The summed E-state index contributed by atoms with van der Waals surface area (Å²) >= 11 is 0. The molecule has 3 aromatic carbocycles. The summed E-state index contributed by atoms with van der Waals surface area (Å²) in [5, 5.41) is 21.5. The molecule has 8 nitrogen and oxygen atoms in total. The van der Waals surface area contributed by atoms with Gasteiger partial charge in [-0.15, -0.1) is 0 Å². The Balaban J connectivity index is 1.72. The number of phenolic OH excluding ortho intramolecular Hbond substituents is 1. The molecular weight excluding hydrogens is 486 g/mol. The van der Waals surface area contributed by atoms with E-state index in [1.54, 1.807) is 44.4 Å². The van der Waals surface area contributed by atoms with Crippen molar-refractivity contribution in [1.29, 1.82) is 0 Å². The topological polar surface area (TPSA) is 106 Å². The van der Waals surface area contributed by atoms with E-state index in [-0.39, 0.29) is 29.4 Å². The van der Waals surface area contributed by atoms with Gasteiger partial charge < -0.3 is 29.3 Å². The molecule has 38 heavy (non-hydrogen) atoms. The largest absolute Gasteiger partial charge is 0.507 e. The number of likely N-dealkylation sites (tertiary alicyclic amines) is 1. The van der Waals surface area contributed by atoms with E-state index >= 15 is 0 Å². The van der Waals surface area contributed by atoms with Crippen molar-refractivity contribution in [2.75, 3.05) is 27.4 Å². The van der Waals surface area contributed by atoms with Gasteiger partial charge in [0.15, 0.2) is 11.5 Å². The molecule has 1 aliphatic rings. The highest BCUT2D eigenvalue weighted by molar-refractivity contribution is 6.46. The lowest BCUT2D eigenvalue weighted by molar-refractivity contribution is -0.140. The first-order chi connectivity index (χ1) is 18.3. The molecule has 1 heterocycles.